The van der Waals surface area contributed by atoms with Crippen molar-refractivity contribution in [2.24, 2.45) is 0 Å². The van der Waals surface area contributed by atoms with E-state index in [1.54, 1.807) is 7.11 Å². The number of methoxy groups -OCH3 is 1. The zero-order chi connectivity index (χ0) is 9.26. The topological polar surface area (TPSA) is 9.23 Å². The lowest BCUT2D eigenvalue weighted by Gasteiger charge is -2.05. The van der Waals surface area contributed by atoms with Crippen LogP contribution in [0.1, 0.15) is 0 Å². The fraction of sp³-hybridized carbons (Fsp3) is 0.0909. The SMILES string of the molecule is COc1ccc([S])c2ccccc12. The number of hydrogen-bond acceptors (Lipinski definition) is 1. The normalized spacial score (nSPS) is 10.2. The van der Waals surface area contributed by atoms with Crippen LogP contribution in [0.25, 0.3) is 10.8 Å². The van der Waals surface area contributed by atoms with E-state index in [1.807, 2.05) is 36.4 Å². The molecule has 13 heavy (non-hydrogen) atoms. The Kier molecular flexibility index (Phi) is 2.07. The zero-order valence-corrected chi connectivity index (χ0v) is 8.10. The predicted octanol–water partition coefficient (Wildman–Crippen LogP) is 3.40. The van der Waals surface area contributed by atoms with Crippen LogP contribution < -0.4 is 4.74 Å². The van der Waals surface area contributed by atoms with Crippen molar-refractivity contribution in [1.29, 1.82) is 0 Å². The highest BCUT2D eigenvalue weighted by Crippen LogP contribution is 2.29. The molecule has 1 radical (unpaired) electrons. The van der Waals surface area contributed by atoms with E-state index >= 15 is 0 Å². The van der Waals surface area contributed by atoms with Crippen molar-refractivity contribution in [1.82, 2.24) is 0 Å². The zero-order valence-electron chi connectivity index (χ0n) is 7.28. The highest BCUT2D eigenvalue weighted by Gasteiger charge is 2.02. The lowest BCUT2D eigenvalue weighted by Crippen LogP contribution is -1.84. The molecule has 0 aliphatic carbocycles. The fourth-order valence-electron chi connectivity index (χ4n) is 1.42. The van der Waals surface area contributed by atoms with E-state index in [4.69, 9.17) is 17.4 Å². The second kappa shape index (κ2) is 3.23. The largest absolute Gasteiger partial charge is 0.496 e. The molecule has 2 aromatic carbocycles. The lowest BCUT2D eigenvalue weighted by atomic mass is 10.1. The van der Waals surface area contributed by atoms with Crippen molar-refractivity contribution in [2.45, 2.75) is 4.90 Å². The molecule has 0 heterocycles. The number of hydrogen-bond donors (Lipinski definition) is 0. The Morgan fingerprint density at radius 2 is 1.69 bits per heavy atom. The quantitative estimate of drug-likeness (QED) is 0.668. The van der Waals surface area contributed by atoms with E-state index in [0.29, 0.717) is 0 Å². The maximum atomic E-state index is 5.24. The van der Waals surface area contributed by atoms with E-state index in [9.17, 15) is 0 Å². The maximum absolute atomic E-state index is 5.24. The summed E-state index contributed by atoms with van der Waals surface area (Å²) in [5, 5.41) is 2.16. The minimum absolute atomic E-state index is 0.872. The van der Waals surface area contributed by atoms with Gasteiger partial charge in [0.25, 0.3) is 0 Å². The molecule has 0 N–H and O–H groups in total. The van der Waals surface area contributed by atoms with Gasteiger partial charge in [-0.05, 0) is 12.1 Å². The summed E-state index contributed by atoms with van der Waals surface area (Å²) in [7, 11) is 1.67. The molecule has 0 aromatic heterocycles. The van der Waals surface area contributed by atoms with Crippen molar-refractivity contribution in [2.75, 3.05) is 7.11 Å². The molecule has 2 heteroatoms. The molecule has 0 fully saturated rings. The second-order valence-corrected chi connectivity index (χ2v) is 3.25. The molecular formula is C11H9OS. The van der Waals surface area contributed by atoms with Crippen LogP contribution in [0.2, 0.25) is 0 Å². The van der Waals surface area contributed by atoms with Crippen LogP contribution in [0.15, 0.2) is 41.3 Å². The molecule has 0 atom stereocenters. The third-order valence-corrected chi connectivity index (χ3v) is 2.42. The molecular weight excluding hydrogens is 180 g/mol. The van der Waals surface area contributed by atoms with Gasteiger partial charge in [-0.25, -0.2) is 0 Å². The number of fused-ring (bicyclic) bond motifs is 1. The molecule has 0 aliphatic rings. The van der Waals surface area contributed by atoms with Gasteiger partial charge in [-0.1, -0.05) is 36.9 Å². The molecule has 0 aliphatic heterocycles. The molecule has 2 rings (SSSR count). The minimum Gasteiger partial charge on any atom is -0.496 e. The average molecular weight is 189 g/mol. The Bertz CT molecular complexity index is 437. The summed E-state index contributed by atoms with van der Waals surface area (Å²) in [6.07, 6.45) is 0. The van der Waals surface area contributed by atoms with Gasteiger partial charge in [0.15, 0.2) is 0 Å². The lowest BCUT2D eigenvalue weighted by molar-refractivity contribution is 0.419. The summed E-state index contributed by atoms with van der Waals surface area (Å²) < 4.78 is 5.24. The maximum Gasteiger partial charge on any atom is 0.126 e. The Hall–Kier alpha value is -1.28. The summed E-state index contributed by atoms with van der Waals surface area (Å²) >= 11 is 5.21. The Labute approximate surface area is 82.7 Å². The van der Waals surface area contributed by atoms with E-state index in [2.05, 4.69) is 0 Å². The third kappa shape index (κ3) is 1.33. The molecule has 0 saturated carbocycles. The van der Waals surface area contributed by atoms with E-state index in [-0.39, 0.29) is 0 Å². The smallest absolute Gasteiger partial charge is 0.126 e. The molecule has 0 bridgehead atoms. The van der Waals surface area contributed by atoms with Crippen LogP contribution in [-0.4, -0.2) is 7.11 Å². The van der Waals surface area contributed by atoms with Gasteiger partial charge >= 0.3 is 0 Å². The van der Waals surface area contributed by atoms with Crippen LogP contribution in [-0.2, 0) is 0 Å². The van der Waals surface area contributed by atoms with Gasteiger partial charge in [0.2, 0.25) is 0 Å². The number of rotatable bonds is 1. The van der Waals surface area contributed by atoms with Gasteiger partial charge in [0.1, 0.15) is 5.75 Å². The van der Waals surface area contributed by atoms with Gasteiger partial charge in [0.05, 0.1) is 7.11 Å². The van der Waals surface area contributed by atoms with Crippen LogP contribution in [0, 0.1) is 0 Å². The summed E-state index contributed by atoms with van der Waals surface area (Å²) in [4.78, 5) is 0.872. The van der Waals surface area contributed by atoms with Gasteiger partial charge in [-0.15, -0.1) is 0 Å². The number of ether oxygens (including phenoxy) is 1. The minimum atomic E-state index is 0.872. The van der Waals surface area contributed by atoms with E-state index < -0.39 is 0 Å². The second-order valence-electron chi connectivity index (χ2n) is 2.81. The molecule has 1 nitrogen and oxygen atoms in total. The molecule has 2 aromatic rings. The van der Waals surface area contributed by atoms with Crippen molar-refractivity contribution in [3.8, 4) is 5.75 Å². The van der Waals surface area contributed by atoms with Crippen molar-refractivity contribution in [3.63, 3.8) is 0 Å². The monoisotopic (exact) mass is 189 g/mol. The van der Waals surface area contributed by atoms with E-state index in [1.165, 1.54) is 0 Å². The Balaban J connectivity index is 2.84. The first-order chi connectivity index (χ1) is 6.33. The van der Waals surface area contributed by atoms with Crippen molar-refractivity contribution < 1.29 is 4.74 Å². The third-order valence-electron chi connectivity index (χ3n) is 2.06. The van der Waals surface area contributed by atoms with Gasteiger partial charge in [-0.2, -0.15) is 0 Å². The first-order valence-electron chi connectivity index (χ1n) is 4.05. The average Bonchev–Trinajstić information content (AvgIpc) is 2.19. The van der Waals surface area contributed by atoms with Crippen LogP contribution in [0.4, 0.5) is 0 Å². The summed E-state index contributed by atoms with van der Waals surface area (Å²) in [6, 6.07) is 11.8. The van der Waals surface area contributed by atoms with Gasteiger partial charge < -0.3 is 4.74 Å². The number of benzene rings is 2. The Morgan fingerprint density at radius 1 is 1.00 bits per heavy atom. The standard InChI is InChI=1S/C11H9OS/c1-12-10-6-7-11(13)9-5-3-2-4-8(9)10/h2-7H,1H3. The van der Waals surface area contributed by atoms with Crippen LogP contribution in [0.5, 0.6) is 5.75 Å². The first-order valence-corrected chi connectivity index (χ1v) is 4.46. The van der Waals surface area contributed by atoms with Gasteiger partial charge in [0, 0.05) is 15.7 Å². The van der Waals surface area contributed by atoms with E-state index in [0.717, 1.165) is 21.4 Å². The van der Waals surface area contributed by atoms with Crippen molar-refractivity contribution >= 4 is 23.4 Å². The molecule has 0 amide bonds. The molecule has 0 saturated heterocycles. The first kappa shape index (κ1) is 8.32. The summed E-state index contributed by atoms with van der Waals surface area (Å²) in [5.41, 5.74) is 0. The Morgan fingerprint density at radius 3 is 2.38 bits per heavy atom. The molecule has 65 valence electrons. The van der Waals surface area contributed by atoms with Crippen LogP contribution in [0.3, 0.4) is 0 Å². The predicted molar refractivity (Wildman–Crippen MR) is 56.4 cm³/mol. The van der Waals surface area contributed by atoms with Gasteiger partial charge in [-0.3, -0.25) is 0 Å². The van der Waals surface area contributed by atoms with Crippen molar-refractivity contribution in [3.05, 3.63) is 36.4 Å². The highest BCUT2D eigenvalue weighted by atomic mass is 32.1. The van der Waals surface area contributed by atoms with Crippen LogP contribution >= 0.6 is 12.6 Å². The molecule has 0 unspecified atom stereocenters. The highest BCUT2D eigenvalue weighted by molar-refractivity contribution is 7.80. The summed E-state index contributed by atoms with van der Waals surface area (Å²) in [5.74, 6) is 0.879. The summed E-state index contributed by atoms with van der Waals surface area (Å²) in [6.45, 7) is 0. The molecule has 0 spiro atoms. The fourth-order valence-corrected chi connectivity index (χ4v) is 1.67.